The van der Waals surface area contributed by atoms with Gasteiger partial charge in [0.05, 0.1) is 21.9 Å². The molecule has 0 amide bonds. The Labute approximate surface area is 573 Å². The van der Waals surface area contributed by atoms with E-state index >= 15 is 0 Å². The van der Waals surface area contributed by atoms with Gasteiger partial charge in [-0.2, -0.15) is 0 Å². The van der Waals surface area contributed by atoms with Gasteiger partial charge in [0.15, 0.2) is 0 Å². The standard InChI is InChI=1S/C48H30O.C46H30/c1-2-13-31(14-3-1)34-29-30-43(37-16-5-4-15-36(34)37)47-41-20-8-6-18-39(41)46(40-19-7-9-21-42(40)47)33-27-25-32(26-28-33)35-22-12-23-44-38-17-10-11-24-45(38)49-48(35)44;1-2-14-31(15-3-1)37-28-29-44(39-22-7-6-21-38(37)39)46-42-25-10-8-23-40(42)45(41-24-9-11-26-43(41)46)34-19-12-18-33(30-34)36-27-13-17-32-16-4-5-20-35(32)36/h1-30H;1-30H/i6D,7D,8D,9D,18D,19D,20D,21D;8D,9D,10D,11D,23D,24D,25D,26D. The van der Waals surface area contributed by atoms with Crippen molar-refractivity contribution in [2.24, 2.45) is 0 Å². The first kappa shape index (κ1) is 41.1. The monoisotopic (exact) mass is 1220 g/mol. The molecule has 19 aromatic rings. The highest BCUT2D eigenvalue weighted by Crippen LogP contribution is 2.50. The predicted octanol–water partition coefficient (Wildman–Crippen LogP) is 26.7. The molecule has 0 atom stereocenters. The van der Waals surface area contributed by atoms with Crippen LogP contribution in [0.5, 0.6) is 0 Å². The zero-order valence-corrected chi connectivity index (χ0v) is 50.8. The van der Waals surface area contributed by atoms with E-state index in [4.69, 9.17) is 15.4 Å². The lowest BCUT2D eigenvalue weighted by Crippen LogP contribution is -1.92. The third-order valence-corrected chi connectivity index (χ3v) is 18.4. The Morgan fingerprint density at radius 2 is 0.516 bits per heavy atom. The highest BCUT2D eigenvalue weighted by Gasteiger charge is 2.22. The average Bonchev–Trinajstić information content (AvgIpc) is 1.27. The van der Waals surface area contributed by atoms with E-state index in [-0.39, 0.29) is 91.4 Å². The number of rotatable bonds is 8. The minimum Gasteiger partial charge on any atom is -0.455 e. The highest BCUT2D eigenvalue weighted by molar-refractivity contribution is 6.26. The van der Waals surface area contributed by atoms with Crippen molar-refractivity contribution >= 4 is 97.3 Å². The molecule has 0 saturated carbocycles. The highest BCUT2D eigenvalue weighted by atomic mass is 16.3. The van der Waals surface area contributed by atoms with Gasteiger partial charge in [0.25, 0.3) is 0 Å². The predicted molar refractivity (Wildman–Crippen MR) is 406 cm³/mol. The first-order valence-corrected chi connectivity index (χ1v) is 31.5. The SMILES string of the molecule is [2H]c1c([2H])c([2H])c2c(-c3ccc(-c4ccccc4)c4ccccc34)c3c([2H])c([2H])c([2H])c([2H])c3c(-c3ccc(-c4cccc5c4oc4ccccc45)cc3)c2c1[2H].[2H]c1c([2H])c([2H])c2c(-c3ccc(-c4ccccc4)c4ccccc34)c3c([2H])c([2H])c([2H])c([2H])c3c(-c3cccc(-c4cccc5ccccc45)c3)c2c1[2H]. The smallest absolute Gasteiger partial charge is 0.143 e. The molecule has 95 heavy (non-hydrogen) atoms. The van der Waals surface area contributed by atoms with Crippen molar-refractivity contribution in [2.75, 3.05) is 0 Å². The summed E-state index contributed by atoms with van der Waals surface area (Å²) in [5.41, 5.74) is 12.6. The summed E-state index contributed by atoms with van der Waals surface area (Å²) in [6.07, 6.45) is 0. The quantitative estimate of drug-likeness (QED) is 0.138. The van der Waals surface area contributed by atoms with E-state index in [2.05, 4.69) is 6.07 Å². The molecule has 0 radical (unpaired) electrons. The Kier molecular flexibility index (Phi) is 10.1. The van der Waals surface area contributed by atoms with E-state index < -0.39 is 48.3 Å². The molecule has 1 nitrogen and oxygen atoms in total. The lowest BCUT2D eigenvalue weighted by molar-refractivity contribution is 0.670. The Balaban J connectivity index is 0.000000156. The van der Waals surface area contributed by atoms with Crippen molar-refractivity contribution in [3.63, 3.8) is 0 Å². The maximum Gasteiger partial charge on any atom is 0.143 e. The third-order valence-electron chi connectivity index (χ3n) is 18.4. The molecule has 0 spiro atoms. The fourth-order valence-corrected chi connectivity index (χ4v) is 14.2. The number of furan rings is 1. The molecule has 0 saturated heterocycles. The lowest BCUT2D eigenvalue weighted by atomic mass is 9.83. The zero-order chi connectivity index (χ0) is 76.7. The summed E-state index contributed by atoms with van der Waals surface area (Å²) in [7, 11) is 0. The van der Waals surface area contributed by atoms with Crippen molar-refractivity contribution in [3.8, 4) is 89.0 Å². The van der Waals surface area contributed by atoms with E-state index in [0.717, 1.165) is 98.8 Å². The van der Waals surface area contributed by atoms with Crippen LogP contribution in [0, 0.1) is 0 Å². The van der Waals surface area contributed by atoms with E-state index in [0.29, 0.717) is 44.5 Å². The molecular weight excluding hydrogens is 1150 g/mol. The Morgan fingerprint density at radius 1 is 0.189 bits per heavy atom. The third kappa shape index (κ3) is 9.47. The number of hydrogen-bond donors (Lipinski definition) is 0. The van der Waals surface area contributed by atoms with Gasteiger partial charge in [0, 0.05) is 16.3 Å². The van der Waals surface area contributed by atoms with E-state index in [9.17, 15) is 11.0 Å². The van der Waals surface area contributed by atoms with Crippen molar-refractivity contribution in [1.82, 2.24) is 0 Å². The second-order valence-electron chi connectivity index (χ2n) is 23.6. The number of para-hydroxylation sites is 2. The maximum absolute atomic E-state index is 9.44. The van der Waals surface area contributed by atoms with Gasteiger partial charge in [0.1, 0.15) is 11.2 Å². The van der Waals surface area contributed by atoms with Crippen molar-refractivity contribution in [3.05, 3.63) is 364 Å². The summed E-state index contributed by atoms with van der Waals surface area (Å²) in [5, 5.41) is 8.95. The van der Waals surface area contributed by atoms with Crippen molar-refractivity contribution in [2.45, 2.75) is 0 Å². The zero-order valence-electron chi connectivity index (χ0n) is 66.8. The molecule has 0 aliphatic carbocycles. The van der Waals surface area contributed by atoms with Crippen LogP contribution in [-0.4, -0.2) is 0 Å². The normalized spacial score (nSPS) is 13.9. The van der Waals surface area contributed by atoms with E-state index in [1.165, 1.54) is 0 Å². The first-order chi connectivity index (χ1) is 53.8. The van der Waals surface area contributed by atoms with E-state index in [1.807, 2.05) is 261 Å². The maximum atomic E-state index is 9.44. The summed E-state index contributed by atoms with van der Waals surface area (Å²) in [4.78, 5) is 0. The summed E-state index contributed by atoms with van der Waals surface area (Å²) >= 11 is 0. The first-order valence-electron chi connectivity index (χ1n) is 39.5. The van der Waals surface area contributed by atoms with Gasteiger partial charge in [-0.05, 0) is 171 Å². The fourth-order valence-electron chi connectivity index (χ4n) is 14.2. The summed E-state index contributed by atoms with van der Waals surface area (Å²) < 4.78 is 153. The van der Waals surface area contributed by atoms with Crippen LogP contribution in [0.3, 0.4) is 0 Å². The second-order valence-corrected chi connectivity index (χ2v) is 23.6. The van der Waals surface area contributed by atoms with Crippen LogP contribution in [0.25, 0.3) is 186 Å². The Bertz CT molecular complexity index is 7030. The summed E-state index contributed by atoms with van der Waals surface area (Å²) in [6, 6.07) is 80.7. The summed E-state index contributed by atoms with van der Waals surface area (Å²) in [6.45, 7) is 0. The van der Waals surface area contributed by atoms with Crippen LogP contribution in [0.2, 0.25) is 0 Å². The Hall–Kier alpha value is -12.4. The van der Waals surface area contributed by atoms with Crippen LogP contribution in [0.15, 0.2) is 368 Å². The van der Waals surface area contributed by atoms with Crippen LogP contribution >= 0.6 is 0 Å². The van der Waals surface area contributed by atoms with Crippen LogP contribution in [0.1, 0.15) is 21.9 Å². The van der Waals surface area contributed by atoms with Crippen LogP contribution in [0.4, 0.5) is 0 Å². The molecule has 0 aliphatic rings. The van der Waals surface area contributed by atoms with Crippen LogP contribution < -0.4 is 0 Å². The van der Waals surface area contributed by atoms with Crippen molar-refractivity contribution in [1.29, 1.82) is 0 Å². The number of benzene rings is 18. The van der Waals surface area contributed by atoms with Crippen LogP contribution in [-0.2, 0) is 0 Å². The molecule has 18 aromatic carbocycles. The van der Waals surface area contributed by atoms with Gasteiger partial charge >= 0.3 is 0 Å². The van der Waals surface area contributed by atoms with Gasteiger partial charge < -0.3 is 4.42 Å². The van der Waals surface area contributed by atoms with Gasteiger partial charge in [0.2, 0.25) is 0 Å². The number of hydrogen-bond acceptors (Lipinski definition) is 1. The van der Waals surface area contributed by atoms with Gasteiger partial charge in [-0.25, -0.2) is 0 Å². The van der Waals surface area contributed by atoms with Crippen molar-refractivity contribution < 1.29 is 26.3 Å². The molecule has 0 bridgehead atoms. The molecule has 1 heterocycles. The minimum absolute atomic E-state index is 0.178. The average molecular weight is 1220 g/mol. The molecular formula is C94H60O. The molecule has 442 valence electrons. The second kappa shape index (κ2) is 23.4. The summed E-state index contributed by atoms with van der Waals surface area (Å²) in [5.74, 6) is 0. The molecule has 0 unspecified atom stereocenters. The molecule has 1 heteroatoms. The number of fused-ring (bicyclic) bond motifs is 10. The molecule has 0 fully saturated rings. The lowest BCUT2D eigenvalue weighted by Gasteiger charge is -2.20. The molecule has 1 aromatic heterocycles. The van der Waals surface area contributed by atoms with Gasteiger partial charge in [-0.3, -0.25) is 0 Å². The van der Waals surface area contributed by atoms with E-state index in [1.54, 1.807) is 0 Å². The van der Waals surface area contributed by atoms with Gasteiger partial charge in [-0.15, -0.1) is 0 Å². The largest absolute Gasteiger partial charge is 0.455 e. The topological polar surface area (TPSA) is 13.1 Å². The van der Waals surface area contributed by atoms with Gasteiger partial charge in [-0.1, -0.05) is 351 Å². The molecule has 0 aliphatic heterocycles. The molecule has 0 N–H and O–H groups in total. The molecule has 19 rings (SSSR count). The Morgan fingerprint density at radius 3 is 1.04 bits per heavy atom. The minimum atomic E-state index is -0.433. The fraction of sp³-hybridized carbons (Fsp3) is 0.